The molecule has 1 heterocycles. The van der Waals surface area contributed by atoms with Gasteiger partial charge in [-0.05, 0) is 55.0 Å². The van der Waals surface area contributed by atoms with Gasteiger partial charge >= 0.3 is 0 Å². The summed E-state index contributed by atoms with van der Waals surface area (Å²) in [6, 6.07) is 16.6. The summed E-state index contributed by atoms with van der Waals surface area (Å²) in [4.78, 5) is 35.6. The standard InChI is InChI=1S/C22H22N4O5/c1-3-30-17-8-10-18(11-9-17)31-14-15-4-6-16(7-5-15)21(28)23-24-22(29)19-12-13-20(27)26(2)25-19/h4-13H,3,14H2,1-2H3,(H,23,28)(H,24,29). The summed E-state index contributed by atoms with van der Waals surface area (Å²) < 4.78 is 12.2. The van der Waals surface area contributed by atoms with Gasteiger partial charge in [0.05, 0.1) is 6.61 Å². The average molecular weight is 422 g/mol. The molecule has 3 aromatic rings. The zero-order valence-electron chi connectivity index (χ0n) is 17.1. The molecule has 0 unspecified atom stereocenters. The molecule has 0 aliphatic rings. The molecule has 160 valence electrons. The molecule has 0 aliphatic carbocycles. The predicted molar refractivity (Wildman–Crippen MR) is 113 cm³/mol. The first kappa shape index (κ1) is 21.6. The van der Waals surface area contributed by atoms with Crippen molar-refractivity contribution in [1.82, 2.24) is 20.6 Å². The van der Waals surface area contributed by atoms with Gasteiger partial charge in [-0.25, -0.2) is 4.68 Å². The Balaban J connectivity index is 1.50. The lowest BCUT2D eigenvalue weighted by Crippen LogP contribution is -2.42. The molecule has 0 atom stereocenters. The van der Waals surface area contributed by atoms with Gasteiger partial charge in [0, 0.05) is 18.7 Å². The SMILES string of the molecule is CCOc1ccc(OCc2ccc(C(=O)NNC(=O)c3ccc(=O)n(C)n3)cc2)cc1. The second kappa shape index (κ2) is 10.1. The summed E-state index contributed by atoms with van der Waals surface area (Å²) in [6.07, 6.45) is 0. The van der Waals surface area contributed by atoms with Crippen LogP contribution in [0.15, 0.2) is 65.5 Å². The fourth-order valence-electron chi connectivity index (χ4n) is 2.59. The quantitative estimate of drug-likeness (QED) is 0.562. The van der Waals surface area contributed by atoms with Crippen LogP contribution in [-0.2, 0) is 13.7 Å². The number of nitrogens with one attached hydrogen (secondary N) is 2. The van der Waals surface area contributed by atoms with Crippen LogP contribution in [0.5, 0.6) is 11.5 Å². The molecule has 9 nitrogen and oxygen atoms in total. The number of hydrazine groups is 1. The Morgan fingerprint density at radius 3 is 2.10 bits per heavy atom. The molecule has 2 amide bonds. The van der Waals surface area contributed by atoms with Crippen molar-refractivity contribution in [2.24, 2.45) is 7.05 Å². The van der Waals surface area contributed by atoms with Gasteiger partial charge in [0.1, 0.15) is 18.1 Å². The van der Waals surface area contributed by atoms with Gasteiger partial charge in [0.15, 0.2) is 5.69 Å². The summed E-state index contributed by atoms with van der Waals surface area (Å²) >= 11 is 0. The first-order chi connectivity index (χ1) is 15.0. The second-order valence-electron chi connectivity index (χ2n) is 6.48. The van der Waals surface area contributed by atoms with E-state index in [4.69, 9.17) is 9.47 Å². The first-order valence-electron chi connectivity index (χ1n) is 9.56. The Kier molecular flexibility index (Phi) is 7.00. The summed E-state index contributed by atoms with van der Waals surface area (Å²) in [7, 11) is 1.43. The smallest absolute Gasteiger partial charge is 0.290 e. The van der Waals surface area contributed by atoms with Crippen molar-refractivity contribution >= 4 is 11.8 Å². The highest BCUT2D eigenvalue weighted by atomic mass is 16.5. The molecule has 0 saturated carbocycles. The second-order valence-corrected chi connectivity index (χ2v) is 6.48. The maximum Gasteiger partial charge on any atom is 0.290 e. The van der Waals surface area contributed by atoms with Crippen LogP contribution < -0.4 is 25.9 Å². The first-order valence-corrected chi connectivity index (χ1v) is 9.56. The Hall–Kier alpha value is -4.14. The minimum absolute atomic E-state index is 0.00388. The number of ether oxygens (including phenoxy) is 2. The number of aromatic nitrogens is 2. The van der Waals surface area contributed by atoms with Gasteiger partial charge in [0.2, 0.25) is 0 Å². The number of hydrogen-bond donors (Lipinski definition) is 2. The number of amides is 2. The predicted octanol–water partition coefficient (Wildman–Crippen LogP) is 1.83. The molecule has 3 rings (SSSR count). The largest absolute Gasteiger partial charge is 0.494 e. The minimum atomic E-state index is -0.635. The van der Waals surface area contributed by atoms with Crippen LogP contribution in [0.1, 0.15) is 33.3 Å². The van der Waals surface area contributed by atoms with E-state index in [0.29, 0.717) is 24.5 Å². The summed E-state index contributed by atoms with van der Waals surface area (Å²) in [5.41, 5.74) is 5.48. The third-order valence-electron chi connectivity index (χ3n) is 4.24. The Labute approximate surface area is 178 Å². The van der Waals surface area contributed by atoms with E-state index in [2.05, 4.69) is 16.0 Å². The molecule has 2 N–H and O–H groups in total. The van der Waals surface area contributed by atoms with Crippen LogP contribution in [0.4, 0.5) is 0 Å². The van der Waals surface area contributed by atoms with E-state index in [0.717, 1.165) is 16.0 Å². The number of carbonyl (C=O) groups is 2. The van der Waals surface area contributed by atoms with Crippen LogP contribution >= 0.6 is 0 Å². The Bertz CT molecular complexity index is 1110. The van der Waals surface area contributed by atoms with Gasteiger partial charge < -0.3 is 9.47 Å². The topological polar surface area (TPSA) is 112 Å². The number of rotatable bonds is 7. The van der Waals surface area contributed by atoms with E-state index >= 15 is 0 Å². The van der Waals surface area contributed by atoms with E-state index in [1.807, 2.05) is 31.2 Å². The molecule has 0 fully saturated rings. The van der Waals surface area contributed by atoms with Gasteiger partial charge in [-0.3, -0.25) is 25.2 Å². The highest BCUT2D eigenvalue weighted by Crippen LogP contribution is 2.18. The van der Waals surface area contributed by atoms with Crippen LogP contribution in [0.2, 0.25) is 0 Å². The zero-order valence-corrected chi connectivity index (χ0v) is 17.1. The van der Waals surface area contributed by atoms with E-state index < -0.39 is 11.8 Å². The number of carbonyl (C=O) groups excluding carboxylic acids is 2. The number of benzene rings is 2. The third-order valence-corrected chi connectivity index (χ3v) is 4.24. The van der Waals surface area contributed by atoms with E-state index in [9.17, 15) is 14.4 Å². The molecule has 31 heavy (non-hydrogen) atoms. The van der Waals surface area contributed by atoms with Crippen LogP contribution in [-0.4, -0.2) is 28.2 Å². The third kappa shape index (κ3) is 5.92. The van der Waals surface area contributed by atoms with Crippen LogP contribution in [0, 0.1) is 0 Å². The van der Waals surface area contributed by atoms with Crippen molar-refractivity contribution in [3.8, 4) is 11.5 Å². The highest BCUT2D eigenvalue weighted by Gasteiger charge is 2.11. The van der Waals surface area contributed by atoms with Crippen molar-refractivity contribution in [2.45, 2.75) is 13.5 Å². The van der Waals surface area contributed by atoms with Crippen molar-refractivity contribution in [2.75, 3.05) is 6.61 Å². The van der Waals surface area contributed by atoms with Gasteiger partial charge in [-0.2, -0.15) is 5.10 Å². The fraction of sp³-hybridized carbons (Fsp3) is 0.182. The van der Waals surface area contributed by atoms with Gasteiger partial charge in [0.25, 0.3) is 17.4 Å². The molecular weight excluding hydrogens is 400 g/mol. The molecule has 0 aliphatic heterocycles. The van der Waals surface area contributed by atoms with Gasteiger partial charge in [-0.1, -0.05) is 12.1 Å². The lowest BCUT2D eigenvalue weighted by Gasteiger charge is -2.09. The highest BCUT2D eigenvalue weighted by molar-refractivity contribution is 5.98. The summed E-state index contributed by atoms with van der Waals surface area (Å²) in [5, 5.41) is 3.81. The number of aryl methyl sites for hydroxylation is 1. The molecular formula is C22H22N4O5. The lowest BCUT2D eigenvalue weighted by molar-refractivity contribution is 0.0842. The zero-order chi connectivity index (χ0) is 22.2. The minimum Gasteiger partial charge on any atom is -0.494 e. The lowest BCUT2D eigenvalue weighted by atomic mass is 10.1. The van der Waals surface area contributed by atoms with Crippen LogP contribution in [0.3, 0.4) is 0 Å². The Morgan fingerprint density at radius 1 is 0.871 bits per heavy atom. The molecule has 0 radical (unpaired) electrons. The summed E-state index contributed by atoms with van der Waals surface area (Å²) in [6.45, 7) is 2.87. The van der Waals surface area contributed by atoms with E-state index in [1.165, 1.54) is 19.2 Å². The van der Waals surface area contributed by atoms with E-state index in [1.54, 1.807) is 24.3 Å². The van der Waals surface area contributed by atoms with Crippen LogP contribution in [0.25, 0.3) is 0 Å². The normalized spacial score (nSPS) is 10.3. The van der Waals surface area contributed by atoms with Gasteiger partial charge in [-0.15, -0.1) is 0 Å². The molecule has 9 heteroatoms. The molecule has 2 aromatic carbocycles. The number of nitrogens with zero attached hydrogens (tertiary/aromatic N) is 2. The molecule has 0 spiro atoms. The Morgan fingerprint density at radius 2 is 1.48 bits per heavy atom. The molecule has 0 bridgehead atoms. The summed E-state index contributed by atoms with van der Waals surface area (Å²) in [5.74, 6) is 0.367. The monoisotopic (exact) mass is 422 g/mol. The maximum atomic E-state index is 12.2. The average Bonchev–Trinajstić information content (AvgIpc) is 2.79. The fourth-order valence-corrected chi connectivity index (χ4v) is 2.59. The molecule has 1 aromatic heterocycles. The van der Waals surface area contributed by atoms with Crippen molar-refractivity contribution < 1.29 is 19.1 Å². The maximum absolute atomic E-state index is 12.2. The molecule has 0 saturated heterocycles. The van der Waals surface area contributed by atoms with Crippen molar-refractivity contribution in [3.05, 3.63) is 87.8 Å². The number of hydrogen-bond acceptors (Lipinski definition) is 6. The van der Waals surface area contributed by atoms with E-state index in [-0.39, 0.29) is 11.3 Å². The van der Waals surface area contributed by atoms with Crippen molar-refractivity contribution in [1.29, 1.82) is 0 Å². The van der Waals surface area contributed by atoms with Crippen molar-refractivity contribution in [3.63, 3.8) is 0 Å².